The fourth-order valence-electron chi connectivity index (χ4n) is 0.273. The van der Waals surface area contributed by atoms with Crippen molar-refractivity contribution in [2.24, 2.45) is 17.5 Å². The van der Waals surface area contributed by atoms with Gasteiger partial charge in [0, 0.05) is 13.1 Å². The van der Waals surface area contributed by atoms with Crippen molar-refractivity contribution >= 4 is 0 Å². The average Bonchev–Trinajstić information content (AvgIpc) is 1.83. The van der Waals surface area contributed by atoms with E-state index in [0.717, 1.165) is 10.2 Å². The third kappa shape index (κ3) is 5.59. The minimum Gasteiger partial charge on any atom is -0.301 e. The molecule has 0 rings (SSSR count). The van der Waals surface area contributed by atoms with Crippen LogP contribution in [0.3, 0.4) is 0 Å². The number of hydrogen-bond donors (Lipinski definition) is 5. The Labute approximate surface area is 52.8 Å². The molecule has 0 aliphatic carbocycles. The highest BCUT2D eigenvalue weighted by Gasteiger charge is 1.95. The smallest absolute Gasteiger partial charge is 0.0464 e. The third-order valence-electron chi connectivity index (χ3n) is 0.728. The van der Waals surface area contributed by atoms with E-state index in [1.807, 2.05) is 0 Å². The molecule has 7 nitrogen and oxygen atoms in total. The summed E-state index contributed by atoms with van der Waals surface area (Å²) in [6.45, 7) is 0.702. The molecule has 7 heteroatoms. The quantitative estimate of drug-likeness (QED) is 0.208. The molecular formula is C2H12N6O. The molecule has 0 heterocycles. The number of hydrogen-bond acceptors (Lipinski definition) is 7. The Kier molecular flexibility index (Phi) is 4.44. The fraction of sp³-hybridized carbons (Fsp3) is 1.00. The summed E-state index contributed by atoms with van der Waals surface area (Å²) in [5.74, 6) is 15.1. The second kappa shape index (κ2) is 4.58. The molecule has 0 fully saturated rings. The van der Waals surface area contributed by atoms with Crippen LogP contribution in [0.2, 0.25) is 0 Å². The van der Waals surface area contributed by atoms with E-state index in [-0.39, 0.29) is 0 Å². The van der Waals surface area contributed by atoms with Crippen molar-refractivity contribution in [2.75, 3.05) is 13.1 Å². The highest BCUT2D eigenvalue weighted by molar-refractivity contribution is 4.39. The lowest BCUT2D eigenvalue weighted by Gasteiger charge is -2.15. The van der Waals surface area contributed by atoms with Crippen molar-refractivity contribution in [1.82, 2.24) is 15.8 Å². The SMILES string of the molecule is NN(N)CCN(N)NO. The Balaban J connectivity index is 3.06. The predicted molar refractivity (Wildman–Crippen MR) is 30.9 cm³/mol. The molecule has 8 N–H and O–H groups in total. The fourth-order valence-corrected chi connectivity index (χ4v) is 0.273. The molecule has 0 aromatic heterocycles. The lowest BCUT2D eigenvalue weighted by molar-refractivity contribution is -0.0258. The van der Waals surface area contributed by atoms with Gasteiger partial charge >= 0.3 is 0 Å². The molecule has 0 aliphatic heterocycles. The molecule has 0 aromatic carbocycles. The molecule has 9 heavy (non-hydrogen) atoms. The normalized spacial score (nSPS) is 11.3. The van der Waals surface area contributed by atoms with Gasteiger partial charge in [-0.1, -0.05) is 0 Å². The lowest BCUT2D eigenvalue weighted by Crippen LogP contribution is -2.49. The molecule has 0 aromatic rings. The van der Waals surface area contributed by atoms with Gasteiger partial charge in [0.1, 0.15) is 0 Å². The molecule has 0 saturated heterocycles. The van der Waals surface area contributed by atoms with Gasteiger partial charge < -0.3 is 5.21 Å². The second-order valence-electron chi connectivity index (χ2n) is 1.53. The van der Waals surface area contributed by atoms with Crippen LogP contribution in [-0.4, -0.2) is 28.5 Å². The molecular weight excluding hydrogens is 124 g/mol. The number of hydrazine groups is 4. The Morgan fingerprint density at radius 3 is 2.11 bits per heavy atom. The molecule has 0 radical (unpaired) electrons. The van der Waals surface area contributed by atoms with Crippen LogP contribution in [0.5, 0.6) is 0 Å². The maximum atomic E-state index is 8.10. The summed E-state index contributed by atoms with van der Waals surface area (Å²) in [4.78, 5) is 0. The van der Waals surface area contributed by atoms with Crippen LogP contribution in [0.4, 0.5) is 0 Å². The van der Waals surface area contributed by atoms with E-state index >= 15 is 0 Å². The van der Waals surface area contributed by atoms with Gasteiger partial charge in [0.25, 0.3) is 0 Å². The van der Waals surface area contributed by atoms with Crippen molar-refractivity contribution in [2.45, 2.75) is 0 Å². The zero-order chi connectivity index (χ0) is 7.28. The molecule has 0 amide bonds. The van der Waals surface area contributed by atoms with Crippen LogP contribution in [-0.2, 0) is 0 Å². The monoisotopic (exact) mass is 136 g/mol. The van der Waals surface area contributed by atoms with Crippen LogP contribution in [0.1, 0.15) is 0 Å². The zero-order valence-electron chi connectivity index (χ0n) is 4.99. The molecule has 0 spiro atoms. The van der Waals surface area contributed by atoms with E-state index in [1.165, 1.54) is 0 Å². The average molecular weight is 136 g/mol. The summed E-state index contributed by atoms with van der Waals surface area (Å²) in [7, 11) is 0. The van der Waals surface area contributed by atoms with Crippen molar-refractivity contribution in [3.8, 4) is 0 Å². The number of nitrogens with two attached hydrogens (primary N) is 3. The summed E-state index contributed by atoms with van der Waals surface area (Å²) in [6.07, 6.45) is 0. The van der Waals surface area contributed by atoms with E-state index in [2.05, 4.69) is 0 Å². The maximum Gasteiger partial charge on any atom is 0.0464 e. The van der Waals surface area contributed by atoms with Gasteiger partial charge in [0.05, 0.1) is 0 Å². The first kappa shape index (κ1) is 8.72. The Morgan fingerprint density at radius 2 is 1.78 bits per heavy atom. The maximum absolute atomic E-state index is 8.10. The van der Waals surface area contributed by atoms with Gasteiger partial charge in [0.2, 0.25) is 0 Å². The van der Waals surface area contributed by atoms with Gasteiger partial charge in [-0.3, -0.25) is 17.5 Å². The van der Waals surface area contributed by atoms with Crippen molar-refractivity contribution in [3.05, 3.63) is 0 Å². The minimum absolute atomic E-state index is 0.337. The predicted octanol–water partition coefficient (Wildman–Crippen LogP) is -2.89. The number of nitrogens with one attached hydrogen (secondary N) is 1. The van der Waals surface area contributed by atoms with Crippen LogP contribution in [0.15, 0.2) is 0 Å². The summed E-state index contributed by atoms with van der Waals surface area (Å²) in [6, 6.07) is 0. The standard InChI is InChI=1S/C2H12N6O/c3-7(4)1-2-8(5)6-9/h6,9H,1-5H2. The first-order chi connectivity index (χ1) is 4.16. The van der Waals surface area contributed by atoms with E-state index < -0.39 is 0 Å². The molecule has 0 bridgehead atoms. The molecule has 0 saturated carbocycles. The van der Waals surface area contributed by atoms with Gasteiger partial charge in [-0.05, 0) is 0 Å². The number of rotatable bonds is 4. The summed E-state index contributed by atoms with van der Waals surface area (Å²) >= 11 is 0. The van der Waals surface area contributed by atoms with Gasteiger partial charge in [0.15, 0.2) is 0 Å². The van der Waals surface area contributed by atoms with Crippen LogP contribution in [0.25, 0.3) is 0 Å². The van der Waals surface area contributed by atoms with E-state index in [0.29, 0.717) is 13.1 Å². The third-order valence-corrected chi connectivity index (χ3v) is 0.728. The summed E-state index contributed by atoms with van der Waals surface area (Å²) < 4.78 is 0. The van der Waals surface area contributed by atoms with Crippen molar-refractivity contribution in [3.63, 3.8) is 0 Å². The summed E-state index contributed by atoms with van der Waals surface area (Å²) in [5, 5.41) is 10.0. The molecule has 56 valence electrons. The van der Waals surface area contributed by atoms with Gasteiger partial charge in [-0.2, -0.15) is 10.2 Å². The van der Waals surface area contributed by atoms with E-state index in [1.54, 1.807) is 5.59 Å². The zero-order valence-corrected chi connectivity index (χ0v) is 4.99. The summed E-state index contributed by atoms with van der Waals surface area (Å²) in [5.41, 5.74) is 1.69. The topological polar surface area (TPSA) is 117 Å². The van der Waals surface area contributed by atoms with E-state index in [4.69, 9.17) is 22.7 Å². The molecule has 0 aliphatic rings. The Morgan fingerprint density at radius 1 is 1.22 bits per heavy atom. The van der Waals surface area contributed by atoms with Crippen molar-refractivity contribution < 1.29 is 5.21 Å². The lowest BCUT2D eigenvalue weighted by atomic mass is 10.6. The molecule has 0 unspecified atom stereocenters. The van der Waals surface area contributed by atoms with Crippen LogP contribution < -0.4 is 23.1 Å². The Hall–Kier alpha value is -0.280. The number of nitrogens with zero attached hydrogens (tertiary/aromatic N) is 2. The highest BCUT2D eigenvalue weighted by atomic mass is 16.5. The van der Waals surface area contributed by atoms with E-state index in [9.17, 15) is 0 Å². The largest absolute Gasteiger partial charge is 0.301 e. The second-order valence-corrected chi connectivity index (χ2v) is 1.53. The minimum atomic E-state index is 0.337. The van der Waals surface area contributed by atoms with Crippen LogP contribution in [0, 0.1) is 0 Å². The van der Waals surface area contributed by atoms with Gasteiger partial charge in [-0.25, -0.2) is 0 Å². The van der Waals surface area contributed by atoms with Crippen molar-refractivity contribution in [1.29, 1.82) is 0 Å². The van der Waals surface area contributed by atoms with Crippen LogP contribution >= 0.6 is 0 Å². The first-order valence-electron chi connectivity index (χ1n) is 2.35. The van der Waals surface area contributed by atoms with Gasteiger partial charge in [-0.15, -0.1) is 5.59 Å². The highest BCUT2D eigenvalue weighted by Crippen LogP contribution is 1.67. The Bertz CT molecular complexity index is 66.1. The molecule has 0 atom stereocenters. The first-order valence-corrected chi connectivity index (χ1v) is 2.35.